The highest BCUT2D eigenvalue weighted by Gasteiger charge is 2.20. The number of nitrogens with one attached hydrogen (secondary N) is 1. The third-order valence-electron chi connectivity index (χ3n) is 3.93. The fourth-order valence-corrected chi connectivity index (χ4v) is 2.50. The van der Waals surface area contributed by atoms with Gasteiger partial charge in [-0.15, -0.1) is 0 Å². The number of piperazine rings is 1. The molecule has 1 N–H and O–H groups in total. The van der Waals surface area contributed by atoms with Crippen molar-refractivity contribution in [1.29, 1.82) is 0 Å². The van der Waals surface area contributed by atoms with Crippen molar-refractivity contribution in [3.05, 3.63) is 42.5 Å². The van der Waals surface area contributed by atoms with E-state index in [-0.39, 0.29) is 11.8 Å². The molecule has 1 heterocycles. The number of likely N-dealkylation sites (N-methyl/N-ethyl adjacent to an activating group) is 1. The van der Waals surface area contributed by atoms with Gasteiger partial charge in [-0.1, -0.05) is 25.6 Å². The Morgan fingerprint density at radius 1 is 1.18 bits per heavy atom. The first-order valence-electron chi connectivity index (χ1n) is 7.65. The molecular formula is C17H23N3O2. The Labute approximate surface area is 131 Å². The average molecular weight is 301 g/mol. The fraction of sp³-hybridized carbons (Fsp3) is 0.412. The van der Waals surface area contributed by atoms with Crippen LogP contribution in [0, 0.1) is 0 Å². The molecule has 0 saturated carbocycles. The number of hydrogen-bond donors (Lipinski definition) is 1. The summed E-state index contributed by atoms with van der Waals surface area (Å²) in [6.07, 6.45) is 1.63. The van der Waals surface area contributed by atoms with Crippen LogP contribution in [0.25, 0.3) is 0 Å². The molecule has 0 atom stereocenters. The maximum Gasteiger partial charge on any atom is 0.247 e. The summed E-state index contributed by atoms with van der Waals surface area (Å²) in [5, 5.41) is 2.69. The minimum atomic E-state index is -0.238. The van der Waals surface area contributed by atoms with Crippen molar-refractivity contribution in [3.8, 4) is 0 Å². The fourth-order valence-electron chi connectivity index (χ4n) is 2.50. The maximum atomic E-state index is 12.3. The number of carbonyl (C=O) groups excluding carboxylic acids is 2. The lowest BCUT2D eigenvalue weighted by Crippen LogP contribution is -2.48. The molecule has 0 aromatic heterocycles. The van der Waals surface area contributed by atoms with Gasteiger partial charge in [0.25, 0.3) is 0 Å². The van der Waals surface area contributed by atoms with Crippen molar-refractivity contribution in [3.63, 3.8) is 0 Å². The van der Waals surface area contributed by atoms with Gasteiger partial charge >= 0.3 is 0 Å². The number of benzene rings is 1. The first-order valence-corrected chi connectivity index (χ1v) is 7.65. The van der Waals surface area contributed by atoms with Crippen LogP contribution in [0.3, 0.4) is 0 Å². The molecule has 1 aromatic carbocycles. The standard InChI is InChI=1S/C17H23N3O2/c1-3-16(21)18-15-7-5-14(6-8-15)13-17(22)20-11-9-19(4-2)10-12-20/h3,5-8H,1,4,9-13H2,2H3,(H,18,21). The van der Waals surface area contributed by atoms with E-state index in [1.54, 1.807) is 12.1 Å². The van der Waals surface area contributed by atoms with Crippen molar-refractivity contribution in [2.45, 2.75) is 13.3 Å². The summed E-state index contributed by atoms with van der Waals surface area (Å²) in [4.78, 5) is 27.8. The van der Waals surface area contributed by atoms with Crippen LogP contribution < -0.4 is 5.32 Å². The summed E-state index contributed by atoms with van der Waals surface area (Å²) in [7, 11) is 0. The molecule has 1 saturated heterocycles. The molecule has 0 spiro atoms. The molecule has 0 aliphatic carbocycles. The van der Waals surface area contributed by atoms with Crippen LogP contribution in [-0.4, -0.2) is 54.3 Å². The van der Waals surface area contributed by atoms with E-state index in [0.717, 1.165) is 38.3 Å². The van der Waals surface area contributed by atoms with E-state index in [1.807, 2.05) is 17.0 Å². The van der Waals surface area contributed by atoms with Crippen LogP contribution in [0.2, 0.25) is 0 Å². The summed E-state index contributed by atoms with van der Waals surface area (Å²) in [5.41, 5.74) is 1.66. The molecule has 1 aromatic rings. The number of carbonyl (C=O) groups is 2. The molecule has 22 heavy (non-hydrogen) atoms. The van der Waals surface area contributed by atoms with Gasteiger partial charge in [-0.25, -0.2) is 0 Å². The van der Waals surface area contributed by atoms with Crippen LogP contribution in [0.15, 0.2) is 36.9 Å². The minimum Gasteiger partial charge on any atom is -0.340 e. The Morgan fingerprint density at radius 3 is 2.36 bits per heavy atom. The van der Waals surface area contributed by atoms with Crippen molar-refractivity contribution >= 4 is 17.5 Å². The summed E-state index contributed by atoms with van der Waals surface area (Å²) in [6.45, 7) is 10.1. The van der Waals surface area contributed by atoms with Crippen molar-refractivity contribution in [2.24, 2.45) is 0 Å². The van der Waals surface area contributed by atoms with Gasteiger partial charge in [-0.05, 0) is 30.3 Å². The largest absolute Gasteiger partial charge is 0.340 e. The highest BCUT2D eigenvalue weighted by Crippen LogP contribution is 2.12. The summed E-state index contributed by atoms with van der Waals surface area (Å²) >= 11 is 0. The Hall–Kier alpha value is -2.14. The van der Waals surface area contributed by atoms with Gasteiger partial charge in [0.1, 0.15) is 0 Å². The van der Waals surface area contributed by atoms with E-state index in [1.165, 1.54) is 6.08 Å². The predicted octanol–water partition coefficient (Wildman–Crippen LogP) is 1.52. The van der Waals surface area contributed by atoms with Crippen LogP contribution in [0.1, 0.15) is 12.5 Å². The lowest BCUT2D eigenvalue weighted by molar-refractivity contribution is -0.132. The highest BCUT2D eigenvalue weighted by molar-refractivity contribution is 5.98. The third kappa shape index (κ3) is 4.43. The van der Waals surface area contributed by atoms with E-state index in [9.17, 15) is 9.59 Å². The molecule has 0 bridgehead atoms. The van der Waals surface area contributed by atoms with E-state index in [4.69, 9.17) is 0 Å². The number of anilines is 1. The Morgan fingerprint density at radius 2 is 1.82 bits per heavy atom. The van der Waals surface area contributed by atoms with Gasteiger partial charge in [0, 0.05) is 31.9 Å². The maximum absolute atomic E-state index is 12.3. The molecule has 2 amide bonds. The van der Waals surface area contributed by atoms with Crippen molar-refractivity contribution < 1.29 is 9.59 Å². The lowest BCUT2D eigenvalue weighted by atomic mass is 10.1. The molecule has 2 rings (SSSR count). The van der Waals surface area contributed by atoms with Gasteiger partial charge in [0.2, 0.25) is 11.8 Å². The zero-order chi connectivity index (χ0) is 15.9. The molecule has 0 unspecified atom stereocenters. The molecule has 5 nitrogen and oxygen atoms in total. The molecule has 118 valence electrons. The van der Waals surface area contributed by atoms with E-state index in [0.29, 0.717) is 12.1 Å². The first-order chi connectivity index (χ1) is 10.6. The molecule has 1 aliphatic heterocycles. The predicted molar refractivity (Wildman–Crippen MR) is 87.7 cm³/mol. The minimum absolute atomic E-state index is 0.165. The topological polar surface area (TPSA) is 52.7 Å². The number of amides is 2. The molecule has 5 heteroatoms. The van der Waals surface area contributed by atoms with Gasteiger partial charge < -0.3 is 15.1 Å². The number of hydrogen-bond acceptors (Lipinski definition) is 3. The summed E-state index contributed by atoms with van der Waals surface area (Å²) in [6, 6.07) is 7.36. The zero-order valence-electron chi connectivity index (χ0n) is 13.0. The second-order valence-corrected chi connectivity index (χ2v) is 5.38. The smallest absolute Gasteiger partial charge is 0.247 e. The van der Waals surface area contributed by atoms with Gasteiger partial charge in [0.05, 0.1) is 6.42 Å². The van der Waals surface area contributed by atoms with Gasteiger partial charge in [0.15, 0.2) is 0 Å². The quantitative estimate of drug-likeness (QED) is 0.839. The Bertz CT molecular complexity index is 531. The SMILES string of the molecule is C=CC(=O)Nc1ccc(CC(=O)N2CCN(CC)CC2)cc1. The van der Waals surface area contributed by atoms with Crippen LogP contribution in [-0.2, 0) is 16.0 Å². The van der Waals surface area contributed by atoms with E-state index >= 15 is 0 Å². The number of rotatable bonds is 5. The molecular weight excluding hydrogens is 278 g/mol. The van der Waals surface area contributed by atoms with E-state index < -0.39 is 0 Å². The van der Waals surface area contributed by atoms with Gasteiger partial charge in [-0.2, -0.15) is 0 Å². The average Bonchev–Trinajstić information content (AvgIpc) is 2.56. The normalized spacial score (nSPS) is 15.4. The highest BCUT2D eigenvalue weighted by atomic mass is 16.2. The van der Waals surface area contributed by atoms with Crippen molar-refractivity contribution in [1.82, 2.24) is 9.80 Å². The Kier molecular flexibility index (Phi) is 5.72. The number of nitrogens with zero attached hydrogens (tertiary/aromatic N) is 2. The van der Waals surface area contributed by atoms with Gasteiger partial charge in [-0.3, -0.25) is 9.59 Å². The van der Waals surface area contributed by atoms with Crippen LogP contribution in [0.4, 0.5) is 5.69 Å². The van der Waals surface area contributed by atoms with Crippen molar-refractivity contribution in [2.75, 3.05) is 38.0 Å². The first kappa shape index (κ1) is 16.2. The second-order valence-electron chi connectivity index (χ2n) is 5.38. The monoisotopic (exact) mass is 301 g/mol. The molecule has 1 aliphatic rings. The Balaban J connectivity index is 1.86. The van der Waals surface area contributed by atoms with Crippen LogP contribution in [0.5, 0.6) is 0 Å². The van der Waals surface area contributed by atoms with Crippen LogP contribution >= 0.6 is 0 Å². The van der Waals surface area contributed by atoms with E-state index in [2.05, 4.69) is 23.7 Å². The zero-order valence-corrected chi connectivity index (χ0v) is 13.0. The molecule has 1 fully saturated rings. The summed E-state index contributed by atoms with van der Waals surface area (Å²) < 4.78 is 0. The second kappa shape index (κ2) is 7.75. The third-order valence-corrected chi connectivity index (χ3v) is 3.93. The molecule has 0 radical (unpaired) electrons. The summed E-state index contributed by atoms with van der Waals surface area (Å²) in [5.74, 6) is -0.0729. The lowest BCUT2D eigenvalue weighted by Gasteiger charge is -2.34.